The molecule has 4 rings (SSSR count). The van der Waals surface area contributed by atoms with Crippen LogP contribution < -0.4 is 21.5 Å². The number of pyridine rings is 1. The van der Waals surface area contributed by atoms with E-state index in [2.05, 4.69) is 32.0 Å². The van der Waals surface area contributed by atoms with E-state index in [9.17, 15) is 19.2 Å². The first-order valence-electron chi connectivity index (χ1n) is 14.6. The van der Waals surface area contributed by atoms with Gasteiger partial charge < -0.3 is 30.7 Å². The molecule has 43 heavy (non-hydrogen) atoms. The third kappa shape index (κ3) is 11.0. The molecule has 0 aliphatic heterocycles. The van der Waals surface area contributed by atoms with Gasteiger partial charge >= 0.3 is 6.09 Å². The monoisotopic (exact) mass is 589 g/mol. The lowest BCUT2D eigenvalue weighted by Gasteiger charge is -2.19. The number of carbonyl (C=O) groups is 3. The number of aromatic nitrogens is 2. The first kappa shape index (κ1) is 32.9. The zero-order valence-corrected chi connectivity index (χ0v) is 25.6. The van der Waals surface area contributed by atoms with Crippen LogP contribution in [0.1, 0.15) is 64.5 Å². The number of rotatable bonds is 11. The summed E-state index contributed by atoms with van der Waals surface area (Å²) < 4.78 is 5.19. The summed E-state index contributed by atoms with van der Waals surface area (Å²) in [6.07, 6.45) is 6.08. The zero-order chi connectivity index (χ0) is 31.4. The molecular weight excluding hydrogens is 546 g/mol. The Morgan fingerprint density at radius 1 is 1.02 bits per heavy atom. The second kappa shape index (κ2) is 15.6. The Labute approximate surface area is 252 Å². The van der Waals surface area contributed by atoms with Crippen molar-refractivity contribution in [2.45, 2.75) is 78.4 Å². The van der Waals surface area contributed by atoms with Crippen LogP contribution in [0.3, 0.4) is 0 Å². The predicted octanol–water partition coefficient (Wildman–Crippen LogP) is 5.71. The number of H-pyrrole nitrogens is 2. The highest BCUT2D eigenvalue weighted by atomic mass is 16.6. The molecule has 5 N–H and O–H groups in total. The van der Waals surface area contributed by atoms with E-state index in [1.165, 1.54) is 10.9 Å². The Balaban J connectivity index is 0.000000282. The molecule has 0 bridgehead atoms. The van der Waals surface area contributed by atoms with Gasteiger partial charge in [-0.05, 0) is 89.6 Å². The molecule has 0 radical (unpaired) electrons. The number of aryl methyl sites for hydroxylation is 2. The van der Waals surface area contributed by atoms with E-state index < -0.39 is 5.60 Å². The van der Waals surface area contributed by atoms with E-state index >= 15 is 0 Å². The third-order valence-corrected chi connectivity index (χ3v) is 6.71. The second-order valence-electron chi connectivity index (χ2n) is 11.6. The molecule has 2 heterocycles. The Hall–Kier alpha value is -4.60. The van der Waals surface area contributed by atoms with Gasteiger partial charge in [0, 0.05) is 53.2 Å². The van der Waals surface area contributed by atoms with E-state index in [0.717, 1.165) is 47.7 Å². The SMILES string of the molecule is CC(CCCCNC(=O)OC(C)(C)C)NC(=O)CCc1c[nH]c2ccccc12.Cc1cc(=O)[nH]c2cc(NC=O)ccc12. The molecule has 0 spiro atoms. The first-order chi connectivity index (χ1) is 20.4. The van der Waals surface area contributed by atoms with Gasteiger partial charge in [-0.15, -0.1) is 0 Å². The number of aromatic amines is 2. The van der Waals surface area contributed by atoms with Crippen LogP contribution in [0.15, 0.2) is 59.5 Å². The Morgan fingerprint density at radius 3 is 2.53 bits per heavy atom. The molecule has 1 unspecified atom stereocenters. The van der Waals surface area contributed by atoms with E-state index in [4.69, 9.17) is 4.74 Å². The van der Waals surface area contributed by atoms with Gasteiger partial charge in [-0.25, -0.2) is 4.79 Å². The molecule has 4 aromatic rings. The molecule has 0 aliphatic carbocycles. The molecular formula is C33H43N5O5. The van der Waals surface area contributed by atoms with Gasteiger partial charge in [-0.3, -0.25) is 14.4 Å². The minimum atomic E-state index is -0.477. The molecule has 1 atom stereocenters. The molecule has 0 saturated heterocycles. The number of para-hydroxylation sites is 1. The maximum absolute atomic E-state index is 12.2. The van der Waals surface area contributed by atoms with E-state index in [-0.39, 0.29) is 23.6 Å². The van der Waals surface area contributed by atoms with Crippen molar-refractivity contribution < 1.29 is 19.1 Å². The van der Waals surface area contributed by atoms with Crippen molar-refractivity contribution in [2.24, 2.45) is 0 Å². The van der Waals surface area contributed by atoms with Crippen LogP contribution in [0.5, 0.6) is 0 Å². The third-order valence-electron chi connectivity index (χ3n) is 6.71. The van der Waals surface area contributed by atoms with Gasteiger partial charge in [0.05, 0.1) is 5.52 Å². The van der Waals surface area contributed by atoms with E-state index in [1.54, 1.807) is 18.2 Å². The summed E-state index contributed by atoms with van der Waals surface area (Å²) in [7, 11) is 0. The lowest BCUT2D eigenvalue weighted by atomic mass is 10.1. The highest BCUT2D eigenvalue weighted by Crippen LogP contribution is 2.20. The predicted molar refractivity (Wildman–Crippen MR) is 171 cm³/mol. The topological polar surface area (TPSA) is 145 Å². The average molecular weight is 590 g/mol. The fraction of sp³-hybridized carbons (Fsp3) is 0.394. The van der Waals surface area contributed by atoms with Crippen molar-refractivity contribution in [2.75, 3.05) is 11.9 Å². The van der Waals surface area contributed by atoms with Crippen LogP contribution in [-0.2, 0) is 20.7 Å². The Bertz CT molecular complexity index is 1580. The fourth-order valence-corrected chi connectivity index (χ4v) is 4.68. The van der Waals surface area contributed by atoms with Crippen molar-refractivity contribution in [3.05, 3.63) is 76.2 Å². The molecule has 2 aromatic heterocycles. The highest BCUT2D eigenvalue weighted by molar-refractivity contribution is 5.87. The fourth-order valence-electron chi connectivity index (χ4n) is 4.68. The van der Waals surface area contributed by atoms with Crippen LogP contribution in [0.4, 0.5) is 10.5 Å². The van der Waals surface area contributed by atoms with Gasteiger partial charge in [-0.2, -0.15) is 0 Å². The van der Waals surface area contributed by atoms with Gasteiger partial charge in [-0.1, -0.05) is 24.3 Å². The van der Waals surface area contributed by atoms with Gasteiger partial charge in [0.1, 0.15) is 5.60 Å². The zero-order valence-electron chi connectivity index (χ0n) is 25.6. The van der Waals surface area contributed by atoms with Crippen LogP contribution in [-0.4, -0.2) is 46.6 Å². The van der Waals surface area contributed by atoms with Crippen molar-refractivity contribution in [1.82, 2.24) is 20.6 Å². The smallest absolute Gasteiger partial charge is 0.407 e. The number of alkyl carbamates (subject to hydrolysis) is 1. The van der Waals surface area contributed by atoms with Gasteiger partial charge in [0.25, 0.3) is 0 Å². The number of ether oxygens (including phenoxy) is 1. The van der Waals surface area contributed by atoms with Crippen molar-refractivity contribution in [1.29, 1.82) is 0 Å². The Kier molecular flexibility index (Phi) is 11.9. The molecule has 10 nitrogen and oxygen atoms in total. The number of anilines is 1. The van der Waals surface area contributed by atoms with Gasteiger partial charge in [0.15, 0.2) is 0 Å². The number of hydrogen-bond acceptors (Lipinski definition) is 5. The lowest BCUT2D eigenvalue weighted by Crippen LogP contribution is -2.34. The first-order valence-corrected chi connectivity index (χ1v) is 14.6. The maximum Gasteiger partial charge on any atom is 0.407 e. The molecule has 0 fully saturated rings. The standard InChI is InChI=1S/C22H33N3O3.C11H10N2O2/c1-16(9-7-8-14-23-21(27)28-22(2,3)4)25-20(26)13-12-17-15-24-19-11-6-5-10-18(17)19;1-7-4-11(15)13-10-5-8(12-6-14)2-3-9(7)10/h5-6,10-11,15-16,24H,7-9,12-14H2,1-4H3,(H,23,27)(H,25,26);2-6H,1H3,(H,12,14)(H,13,15). The summed E-state index contributed by atoms with van der Waals surface area (Å²) in [6.45, 7) is 10.0. The van der Waals surface area contributed by atoms with E-state index in [0.29, 0.717) is 25.1 Å². The van der Waals surface area contributed by atoms with Crippen LogP contribution in [0, 0.1) is 6.92 Å². The normalized spacial score (nSPS) is 11.7. The number of hydrogen-bond donors (Lipinski definition) is 5. The summed E-state index contributed by atoms with van der Waals surface area (Å²) >= 11 is 0. The molecule has 0 aliphatic rings. The average Bonchev–Trinajstić information content (AvgIpc) is 3.34. The molecule has 3 amide bonds. The highest BCUT2D eigenvalue weighted by Gasteiger charge is 2.15. The number of nitrogens with one attached hydrogen (secondary N) is 5. The largest absolute Gasteiger partial charge is 0.444 e. The maximum atomic E-state index is 12.2. The quantitative estimate of drug-likeness (QED) is 0.112. The molecule has 230 valence electrons. The summed E-state index contributed by atoms with van der Waals surface area (Å²) in [4.78, 5) is 51.2. The minimum Gasteiger partial charge on any atom is -0.444 e. The van der Waals surface area contributed by atoms with Crippen molar-refractivity contribution in [3.63, 3.8) is 0 Å². The van der Waals surface area contributed by atoms with E-state index in [1.807, 2.05) is 65.1 Å². The summed E-state index contributed by atoms with van der Waals surface area (Å²) in [5.74, 6) is 0.0738. The number of unbranched alkanes of at least 4 members (excludes halogenated alkanes) is 1. The molecule has 10 heteroatoms. The lowest BCUT2D eigenvalue weighted by molar-refractivity contribution is -0.121. The number of carbonyl (C=O) groups excluding carboxylic acids is 3. The van der Waals surface area contributed by atoms with Crippen LogP contribution in [0.2, 0.25) is 0 Å². The molecule has 0 saturated carbocycles. The van der Waals surface area contributed by atoms with Crippen LogP contribution in [0.25, 0.3) is 21.8 Å². The second-order valence-corrected chi connectivity index (χ2v) is 11.6. The van der Waals surface area contributed by atoms with Crippen LogP contribution >= 0.6 is 0 Å². The Morgan fingerprint density at radius 2 is 1.79 bits per heavy atom. The number of benzene rings is 2. The molecule has 2 aromatic carbocycles. The summed E-state index contributed by atoms with van der Waals surface area (Å²) in [5.41, 5.74) is 3.98. The minimum absolute atomic E-state index is 0.0738. The summed E-state index contributed by atoms with van der Waals surface area (Å²) in [5, 5.41) is 10.5. The number of fused-ring (bicyclic) bond motifs is 2. The number of amides is 3. The van der Waals surface area contributed by atoms with Crippen molar-refractivity contribution >= 4 is 45.9 Å². The summed E-state index contributed by atoms with van der Waals surface area (Å²) in [6, 6.07) is 15.2. The van der Waals surface area contributed by atoms with Crippen molar-refractivity contribution in [3.8, 4) is 0 Å². The van der Waals surface area contributed by atoms with Gasteiger partial charge in [0.2, 0.25) is 17.9 Å².